The number of ether oxygens (including phenoxy) is 4. The Morgan fingerprint density at radius 1 is 1.25 bits per heavy atom. The number of carbonyl (C=O) groups is 2. The maximum absolute atomic E-state index is 12.9. The van der Waals surface area contributed by atoms with Crippen molar-refractivity contribution < 1.29 is 28.5 Å². The molecule has 196 valence electrons. The zero-order valence-corrected chi connectivity index (χ0v) is 20.9. The molecule has 12 nitrogen and oxygen atoms in total. The number of nitrogens with one attached hydrogen (secondary N) is 2. The highest BCUT2D eigenvalue weighted by atomic mass is 16.7. The molecule has 0 spiro atoms. The average Bonchev–Trinajstić information content (AvgIpc) is 3.52. The van der Waals surface area contributed by atoms with E-state index >= 15 is 0 Å². The molecule has 2 bridgehead atoms. The third-order valence-corrected chi connectivity index (χ3v) is 6.14. The van der Waals surface area contributed by atoms with Gasteiger partial charge in [-0.3, -0.25) is 9.48 Å². The van der Waals surface area contributed by atoms with Crippen LogP contribution in [0.15, 0.2) is 24.4 Å². The van der Waals surface area contributed by atoms with Crippen molar-refractivity contribution in [3.8, 4) is 11.5 Å². The summed E-state index contributed by atoms with van der Waals surface area (Å²) in [4.78, 5) is 26.5. The largest absolute Gasteiger partial charge is 0.464 e. The van der Waals surface area contributed by atoms with Gasteiger partial charge >= 0.3 is 12.0 Å². The number of amides is 2. The van der Waals surface area contributed by atoms with Crippen LogP contribution in [0.2, 0.25) is 0 Å². The van der Waals surface area contributed by atoms with Crippen molar-refractivity contribution in [2.75, 3.05) is 38.9 Å². The average molecular weight is 503 g/mol. The number of hydrogen-bond acceptors (Lipinski definition) is 9. The second kappa shape index (κ2) is 12.0. The van der Waals surface area contributed by atoms with Crippen LogP contribution in [-0.4, -0.2) is 77.6 Å². The number of aryl methyl sites for hydroxylation is 1. The fourth-order valence-corrected chi connectivity index (χ4v) is 3.90. The third-order valence-electron chi connectivity index (χ3n) is 6.14. The minimum Gasteiger partial charge on any atom is -0.464 e. The fraction of sp³-hybridized carbons (Fsp3) is 0.583. The van der Waals surface area contributed by atoms with Crippen molar-refractivity contribution in [1.82, 2.24) is 25.2 Å². The number of urea groups is 1. The Morgan fingerprint density at radius 3 is 2.94 bits per heavy atom. The molecular formula is C24H34N6O6. The van der Waals surface area contributed by atoms with Gasteiger partial charge < -0.3 is 34.5 Å². The normalized spacial score (nSPS) is 23.1. The van der Waals surface area contributed by atoms with Gasteiger partial charge in [-0.25, -0.2) is 4.79 Å². The lowest BCUT2D eigenvalue weighted by atomic mass is 10.0. The Balaban J connectivity index is 1.40. The first-order valence-corrected chi connectivity index (χ1v) is 12.2. The third kappa shape index (κ3) is 7.08. The first-order chi connectivity index (χ1) is 17.4. The van der Waals surface area contributed by atoms with Gasteiger partial charge in [0.15, 0.2) is 11.5 Å². The zero-order valence-electron chi connectivity index (χ0n) is 20.9. The van der Waals surface area contributed by atoms with Crippen LogP contribution in [0.25, 0.3) is 0 Å². The van der Waals surface area contributed by atoms with Gasteiger partial charge in [-0.2, -0.15) is 0 Å². The summed E-state index contributed by atoms with van der Waals surface area (Å²) in [7, 11) is 1.73. The number of fused-ring (bicyclic) bond motifs is 3. The first-order valence-electron chi connectivity index (χ1n) is 12.2. The summed E-state index contributed by atoms with van der Waals surface area (Å²) in [6, 6.07) is 5.00. The minimum atomic E-state index is -0.280. The van der Waals surface area contributed by atoms with E-state index in [-0.39, 0.29) is 43.5 Å². The molecule has 2 N–H and O–H groups in total. The van der Waals surface area contributed by atoms with Crippen LogP contribution in [0.1, 0.15) is 32.4 Å². The number of esters is 1. The Kier molecular flexibility index (Phi) is 8.60. The van der Waals surface area contributed by atoms with Crippen molar-refractivity contribution in [2.45, 2.75) is 52.0 Å². The minimum absolute atomic E-state index is 0.00960. The van der Waals surface area contributed by atoms with Crippen molar-refractivity contribution in [3.05, 3.63) is 30.1 Å². The molecule has 0 unspecified atom stereocenters. The quantitative estimate of drug-likeness (QED) is 0.606. The van der Waals surface area contributed by atoms with E-state index < -0.39 is 0 Å². The molecule has 1 aromatic heterocycles. The van der Waals surface area contributed by atoms with Crippen molar-refractivity contribution in [3.63, 3.8) is 0 Å². The van der Waals surface area contributed by atoms with Crippen LogP contribution < -0.4 is 20.1 Å². The first kappa shape index (κ1) is 25.7. The van der Waals surface area contributed by atoms with Crippen LogP contribution in [0, 0.1) is 5.92 Å². The Labute approximate surface area is 210 Å². The summed E-state index contributed by atoms with van der Waals surface area (Å²) in [6.07, 6.45) is 2.48. The molecule has 2 aromatic rings. The number of nitrogens with zero attached hydrogens (tertiary/aromatic N) is 4. The van der Waals surface area contributed by atoms with Crippen LogP contribution >= 0.6 is 0 Å². The molecule has 2 aliphatic heterocycles. The van der Waals surface area contributed by atoms with E-state index in [1.165, 1.54) is 0 Å². The van der Waals surface area contributed by atoms with E-state index in [4.69, 9.17) is 18.9 Å². The molecule has 0 radical (unpaired) electrons. The summed E-state index contributed by atoms with van der Waals surface area (Å²) in [5.74, 6) is 1.08. The lowest BCUT2D eigenvalue weighted by Crippen LogP contribution is -2.44. The van der Waals surface area contributed by atoms with E-state index in [0.717, 1.165) is 0 Å². The second-order valence-electron chi connectivity index (χ2n) is 9.27. The predicted molar refractivity (Wildman–Crippen MR) is 130 cm³/mol. The summed E-state index contributed by atoms with van der Waals surface area (Å²) in [5, 5.41) is 14.6. The van der Waals surface area contributed by atoms with E-state index in [0.29, 0.717) is 62.0 Å². The molecule has 0 saturated carbocycles. The molecule has 3 atom stereocenters. The lowest BCUT2D eigenvalue weighted by molar-refractivity contribution is -0.144. The van der Waals surface area contributed by atoms with E-state index in [9.17, 15) is 9.59 Å². The Hall–Kier alpha value is -3.38. The Morgan fingerprint density at radius 2 is 2.08 bits per heavy atom. The van der Waals surface area contributed by atoms with Crippen LogP contribution in [-0.2, 0) is 27.4 Å². The molecule has 0 saturated heterocycles. The smallest absolute Gasteiger partial charge is 0.321 e. The molecule has 3 heterocycles. The molecule has 1 aromatic carbocycles. The summed E-state index contributed by atoms with van der Waals surface area (Å²) >= 11 is 0. The van der Waals surface area contributed by atoms with Crippen molar-refractivity contribution in [1.29, 1.82) is 0 Å². The molecule has 2 amide bonds. The maximum Gasteiger partial charge on any atom is 0.321 e. The molecule has 0 aliphatic carbocycles. The molecule has 4 rings (SSSR count). The van der Waals surface area contributed by atoms with Gasteiger partial charge in [0.2, 0.25) is 6.79 Å². The highest BCUT2D eigenvalue weighted by Gasteiger charge is 2.24. The number of rotatable bonds is 3. The van der Waals surface area contributed by atoms with Gasteiger partial charge in [0.1, 0.15) is 12.3 Å². The number of carbonyl (C=O) groups excluding carboxylic acids is 2. The number of hydrogen-bond donors (Lipinski definition) is 2. The monoisotopic (exact) mass is 502 g/mol. The van der Waals surface area contributed by atoms with Crippen molar-refractivity contribution in [2.24, 2.45) is 5.92 Å². The molecule has 0 fully saturated rings. The number of aromatic nitrogens is 3. The van der Waals surface area contributed by atoms with Crippen LogP contribution in [0.5, 0.6) is 11.5 Å². The predicted octanol–water partition coefficient (Wildman–Crippen LogP) is 2.01. The maximum atomic E-state index is 12.9. The molecule has 2 aliphatic rings. The van der Waals surface area contributed by atoms with Gasteiger partial charge in [0, 0.05) is 50.9 Å². The zero-order chi connectivity index (χ0) is 25.5. The van der Waals surface area contributed by atoms with E-state index in [1.54, 1.807) is 34.8 Å². The lowest BCUT2D eigenvalue weighted by Gasteiger charge is -2.30. The number of anilines is 1. The SMILES string of the molecule is C[C@@H]1CN[C@@H](C)COC(=O)CCCn2cc(nn2)CO[C@@H]1CN(C)C(=O)Nc1ccc2c(c1)OCO2. The van der Waals surface area contributed by atoms with Gasteiger partial charge in [0.05, 0.1) is 18.9 Å². The van der Waals surface area contributed by atoms with Gasteiger partial charge in [-0.15, -0.1) is 5.10 Å². The van der Waals surface area contributed by atoms with Crippen LogP contribution in [0.4, 0.5) is 10.5 Å². The fourth-order valence-electron chi connectivity index (χ4n) is 3.90. The Bertz CT molecular complexity index is 1050. The summed E-state index contributed by atoms with van der Waals surface area (Å²) in [5.41, 5.74) is 1.31. The van der Waals surface area contributed by atoms with E-state index in [1.807, 2.05) is 13.1 Å². The summed E-state index contributed by atoms with van der Waals surface area (Å²) < 4.78 is 24.0. The molecule has 36 heavy (non-hydrogen) atoms. The number of benzene rings is 1. The highest BCUT2D eigenvalue weighted by Crippen LogP contribution is 2.34. The highest BCUT2D eigenvalue weighted by molar-refractivity contribution is 5.89. The van der Waals surface area contributed by atoms with Crippen molar-refractivity contribution >= 4 is 17.7 Å². The molecular weight excluding hydrogens is 468 g/mol. The standard InChI is InChI=1S/C24H34N6O6/c1-16-10-25-17(2)13-34-23(31)5-4-8-30-11-19(27-28-30)14-33-22(16)12-29(3)24(32)26-18-6-7-20-21(9-18)36-15-35-20/h6-7,9,11,16-17,22,25H,4-5,8,10,12-15H2,1-3H3,(H,26,32)/t16-,17+,22-/m1/s1. The second-order valence-corrected chi connectivity index (χ2v) is 9.27. The van der Waals surface area contributed by atoms with E-state index in [2.05, 4.69) is 27.9 Å². The van der Waals surface area contributed by atoms with Crippen LogP contribution in [0.3, 0.4) is 0 Å². The molecule has 12 heteroatoms. The number of likely N-dealkylation sites (N-methyl/N-ethyl adjacent to an activating group) is 1. The number of cyclic esters (lactones) is 1. The topological polar surface area (TPSA) is 129 Å². The van der Waals surface area contributed by atoms with Gasteiger partial charge in [-0.05, 0) is 31.4 Å². The summed E-state index contributed by atoms with van der Waals surface area (Å²) in [6.45, 7) is 6.31. The van der Waals surface area contributed by atoms with Gasteiger partial charge in [-0.1, -0.05) is 12.1 Å². The van der Waals surface area contributed by atoms with Gasteiger partial charge in [0.25, 0.3) is 0 Å².